The monoisotopic (exact) mass is 363 g/mol. The second kappa shape index (κ2) is 6.08. The van der Waals surface area contributed by atoms with Crippen molar-refractivity contribution < 1.29 is 0 Å². The van der Waals surface area contributed by atoms with Crippen molar-refractivity contribution in [1.29, 1.82) is 0 Å². The van der Waals surface area contributed by atoms with E-state index in [0.29, 0.717) is 11.6 Å². The van der Waals surface area contributed by atoms with Gasteiger partial charge in [0.05, 0.1) is 22.8 Å². The Morgan fingerprint density at radius 2 is 2.05 bits per heavy atom. The molecule has 0 aliphatic heterocycles. The number of fused-ring (bicyclic) bond motifs is 1. The van der Waals surface area contributed by atoms with Crippen LogP contribution < -0.4 is 5.32 Å². The Hall–Kier alpha value is -1.52. The third kappa shape index (κ3) is 2.92. The predicted octanol–water partition coefficient (Wildman–Crippen LogP) is 5.08. The summed E-state index contributed by atoms with van der Waals surface area (Å²) in [5.74, 6) is 0. The third-order valence-corrected chi connectivity index (χ3v) is 4.65. The lowest BCUT2D eigenvalue weighted by Gasteiger charge is -2.06. The molecule has 0 saturated carbocycles. The van der Waals surface area contributed by atoms with Crippen molar-refractivity contribution in [1.82, 2.24) is 9.78 Å². The number of aromatic nitrogens is 2. The Bertz CT molecular complexity index is 782. The third-order valence-electron chi connectivity index (χ3n) is 3.41. The van der Waals surface area contributed by atoms with Crippen molar-refractivity contribution in [3.05, 3.63) is 57.7 Å². The summed E-state index contributed by atoms with van der Waals surface area (Å²) in [4.78, 5) is 0. The number of nitrogens with zero attached hydrogens (tertiary/aromatic N) is 2. The lowest BCUT2D eigenvalue weighted by molar-refractivity contribution is 0.671. The van der Waals surface area contributed by atoms with Crippen LogP contribution in [0.25, 0.3) is 10.9 Å². The zero-order valence-electron chi connectivity index (χ0n) is 11.6. The standard InChI is InChI=1S/C16H15BrClN3/c1-2-21-16-6-4-3-5-12(16)15(20-21)10-19-11-7-8-13(17)14(18)9-11/h3-9,19H,2,10H2,1H3. The molecule has 0 aliphatic carbocycles. The van der Waals surface area contributed by atoms with Crippen LogP contribution in [0.15, 0.2) is 46.9 Å². The molecule has 0 amide bonds. The molecule has 3 aromatic rings. The molecule has 0 atom stereocenters. The van der Waals surface area contributed by atoms with Gasteiger partial charge in [0, 0.05) is 22.1 Å². The van der Waals surface area contributed by atoms with Crippen molar-refractivity contribution in [2.75, 3.05) is 5.32 Å². The summed E-state index contributed by atoms with van der Waals surface area (Å²) >= 11 is 9.51. The number of aryl methyl sites for hydroxylation is 1. The first kappa shape index (κ1) is 14.4. The SMILES string of the molecule is CCn1nc(CNc2ccc(Br)c(Cl)c2)c2ccccc21. The summed E-state index contributed by atoms with van der Waals surface area (Å²) in [5, 5.41) is 9.94. The quantitative estimate of drug-likeness (QED) is 0.699. The van der Waals surface area contributed by atoms with Crippen LogP contribution in [0.3, 0.4) is 0 Å². The highest BCUT2D eigenvalue weighted by Gasteiger charge is 2.09. The summed E-state index contributed by atoms with van der Waals surface area (Å²) in [6.07, 6.45) is 0. The summed E-state index contributed by atoms with van der Waals surface area (Å²) in [6.45, 7) is 3.64. The smallest absolute Gasteiger partial charge is 0.0894 e. The van der Waals surface area contributed by atoms with E-state index in [4.69, 9.17) is 11.6 Å². The van der Waals surface area contributed by atoms with Crippen molar-refractivity contribution in [2.45, 2.75) is 20.0 Å². The summed E-state index contributed by atoms with van der Waals surface area (Å²) in [5.41, 5.74) is 3.20. The van der Waals surface area contributed by atoms with Gasteiger partial charge in [0.1, 0.15) is 0 Å². The number of para-hydroxylation sites is 1. The van der Waals surface area contributed by atoms with Gasteiger partial charge >= 0.3 is 0 Å². The van der Waals surface area contributed by atoms with Gasteiger partial charge in [-0.15, -0.1) is 0 Å². The van der Waals surface area contributed by atoms with E-state index in [-0.39, 0.29) is 0 Å². The summed E-state index contributed by atoms with van der Waals surface area (Å²) in [7, 11) is 0. The van der Waals surface area contributed by atoms with Gasteiger partial charge in [0.15, 0.2) is 0 Å². The van der Waals surface area contributed by atoms with E-state index in [9.17, 15) is 0 Å². The fourth-order valence-corrected chi connectivity index (χ4v) is 2.79. The van der Waals surface area contributed by atoms with Crippen LogP contribution in [0.2, 0.25) is 5.02 Å². The molecule has 0 radical (unpaired) electrons. The first-order valence-corrected chi connectivity index (χ1v) is 7.99. The topological polar surface area (TPSA) is 29.9 Å². The minimum absolute atomic E-state index is 0.672. The van der Waals surface area contributed by atoms with Gasteiger partial charge in [-0.2, -0.15) is 5.10 Å². The highest BCUT2D eigenvalue weighted by Crippen LogP contribution is 2.26. The molecule has 2 aromatic carbocycles. The van der Waals surface area contributed by atoms with E-state index in [1.807, 2.05) is 35.0 Å². The normalized spacial score (nSPS) is 11.0. The van der Waals surface area contributed by atoms with Crippen LogP contribution in [0.5, 0.6) is 0 Å². The first-order chi connectivity index (χ1) is 10.2. The van der Waals surface area contributed by atoms with Crippen molar-refractivity contribution >= 4 is 44.1 Å². The zero-order valence-corrected chi connectivity index (χ0v) is 13.9. The fraction of sp³-hybridized carbons (Fsp3) is 0.188. The summed E-state index contributed by atoms with van der Waals surface area (Å²) < 4.78 is 2.93. The number of hydrogen-bond donors (Lipinski definition) is 1. The van der Waals surface area contributed by atoms with E-state index in [1.54, 1.807) is 0 Å². The van der Waals surface area contributed by atoms with Crippen LogP contribution >= 0.6 is 27.5 Å². The molecule has 0 saturated heterocycles. The number of anilines is 1. The Balaban J connectivity index is 1.86. The minimum Gasteiger partial charge on any atom is -0.379 e. The van der Waals surface area contributed by atoms with Gasteiger partial charge in [-0.05, 0) is 47.1 Å². The number of benzene rings is 2. The van der Waals surface area contributed by atoms with Gasteiger partial charge in [-0.3, -0.25) is 4.68 Å². The van der Waals surface area contributed by atoms with Gasteiger partial charge in [-0.1, -0.05) is 29.8 Å². The van der Waals surface area contributed by atoms with Crippen LogP contribution in [0.1, 0.15) is 12.6 Å². The zero-order chi connectivity index (χ0) is 14.8. The molecule has 3 nitrogen and oxygen atoms in total. The Morgan fingerprint density at radius 3 is 2.81 bits per heavy atom. The largest absolute Gasteiger partial charge is 0.379 e. The molecule has 5 heteroatoms. The first-order valence-electron chi connectivity index (χ1n) is 6.82. The molecular formula is C16H15BrClN3. The Kier molecular flexibility index (Phi) is 4.17. The van der Waals surface area contributed by atoms with Gasteiger partial charge < -0.3 is 5.32 Å². The molecule has 1 N–H and O–H groups in total. The van der Waals surface area contributed by atoms with Gasteiger partial charge in [0.2, 0.25) is 0 Å². The van der Waals surface area contributed by atoms with Crippen molar-refractivity contribution in [2.24, 2.45) is 0 Å². The second-order valence-corrected chi connectivity index (χ2v) is 6.02. The summed E-state index contributed by atoms with van der Waals surface area (Å²) in [6, 6.07) is 14.1. The number of rotatable bonds is 4. The van der Waals surface area contributed by atoms with Crippen molar-refractivity contribution in [3.63, 3.8) is 0 Å². The molecular weight excluding hydrogens is 350 g/mol. The molecule has 3 rings (SSSR count). The van der Waals surface area contributed by atoms with Gasteiger partial charge in [-0.25, -0.2) is 0 Å². The second-order valence-electron chi connectivity index (χ2n) is 4.76. The van der Waals surface area contributed by atoms with Crippen LogP contribution in [-0.4, -0.2) is 9.78 Å². The molecule has 108 valence electrons. The van der Waals surface area contributed by atoms with E-state index >= 15 is 0 Å². The molecule has 0 unspecified atom stereocenters. The van der Waals surface area contributed by atoms with E-state index < -0.39 is 0 Å². The molecule has 21 heavy (non-hydrogen) atoms. The fourth-order valence-electron chi connectivity index (χ4n) is 2.36. The Labute approximate surface area is 137 Å². The molecule has 0 aliphatic rings. The maximum atomic E-state index is 6.11. The highest BCUT2D eigenvalue weighted by molar-refractivity contribution is 9.10. The Morgan fingerprint density at radius 1 is 1.24 bits per heavy atom. The predicted molar refractivity (Wildman–Crippen MR) is 91.9 cm³/mol. The molecule has 1 heterocycles. The van der Waals surface area contributed by atoms with E-state index in [2.05, 4.69) is 45.4 Å². The van der Waals surface area contributed by atoms with E-state index in [1.165, 1.54) is 10.9 Å². The van der Waals surface area contributed by atoms with E-state index in [0.717, 1.165) is 22.4 Å². The van der Waals surface area contributed by atoms with Gasteiger partial charge in [0.25, 0.3) is 0 Å². The molecule has 0 fully saturated rings. The number of halogens is 2. The highest BCUT2D eigenvalue weighted by atomic mass is 79.9. The van der Waals surface area contributed by atoms with Crippen LogP contribution in [0.4, 0.5) is 5.69 Å². The molecule has 0 bridgehead atoms. The number of nitrogens with one attached hydrogen (secondary N) is 1. The molecule has 0 spiro atoms. The maximum Gasteiger partial charge on any atom is 0.0894 e. The lowest BCUT2D eigenvalue weighted by Crippen LogP contribution is -2.02. The average molecular weight is 365 g/mol. The number of hydrogen-bond acceptors (Lipinski definition) is 2. The van der Waals surface area contributed by atoms with Crippen LogP contribution in [0, 0.1) is 0 Å². The molecule has 1 aromatic heterocycles. The lowest BCUT2D eigenvalue weighted by atomic mass is 10.2. The minimum atomic E-state index is 0.672. The average Bonchev–Trinajstić information content (AvgIpc) is 2.87. The van der Waals surface area contributed by atoms with Crippen LogP contribution in [-0.2, 0) is 13.1 Å². The van der Waals surface area contributed by atoms with Crippen molar-refractivity contribution in [3.8, 4) is 0 Å². The maximum absolute atomic E-state index is 6.11.